The molecule has 0 N–H and O–H groups in total. The lowest BCUT2D eigenvalue weighted by Crippen LogP contribution is -2.54. The SMILES string of the molecule is COc1ccc2c(c1)CCCN2S(=O)(=O)N1CC(C)OC(C)C1. The number of hydrogen-bond acceptors (Lipinski definition) is 4. The summed E-state index contributed by atoms with van der Waals surface area (Å²) in [6.07, 6.45) is 1.51. The summed E-state index contributed by atoms with van der Waals surface area (Å²) < 4.78 is 40.2. The van der Waals surface area contributed by atoms with Crippen LogP contribution in [-0.2, 0) is 21.4 Å². The number of benzene rings is 1. The number of ether oxygens (including phenoxy) is 2. The molecule has 0 aliphatic carbocycles. The zero-order valence-corrected chi connectivity index (χ0v) is 14.7. The van der Waals surface area contributed by atoms with E-state index in [4.69, 9.17) is 9.47 Å². The average molecular weight is 340 g/mol. The number of fused-ring (bicyclic) bond motifs is 1. The van der Waals surface area contributed by atoms with Crippen molar-refractivity contribution < 1.29 is 17.9 Å². The van der Waals surface area contributed by atoms with E-state index >= 15 is 0 Å². The first kappa shape index (κ1) is 16.5. The van der Waals surface area contributed by atoms with E-state index in [1.54, 1.807) is 11.4 Å². The van der Waals surface area contributed by atoms with Crippen LogP contribution in [0.2, 0.25) is 0 Å². The molecule has 1 aromatic rings. The fourth-order valence-corrected chi connectivity index (χ4v) is 5.23. The molecule has 6 nitrogen and oxygen atoms in total. The van der Waals surface area contributed by atoms with Crippen LogP contribution in [-0.4, -0.2) is 51.7 Å². The van der Waals surface area contributed by atoms with Gasteiger partial charge in [-0.2, -0.15) is 12.7 Å². The van der Waals surface area contributed by atoms with Gasteiger partial charge < -0.3 is 9.47 Å². The molecule has 1 fully saturated rings. The molecule has 0 saturated carbocycles. The Morgan fingerprint density at radius 3 is 2.57 bits per heavy atom. The lowest BCUT2D eigenvalue weighted by atomic mass is 10.0. The van der Waals surface area contributed by atoms with E-state index in [1.165, 1.54) is 4.31 Å². The van der Waals surface area contributed by atoms with Gasteiger partial charge in [0.2, 0.25) is 0 Å². The van der Waals surface area contributed by atoms with E-state index in [2.05, 4.69) is 0 Å². The van der Waals surface area contributed by atoms with Crippen molar-refractivity contribution in [3.63, 3.8) is 0 Å². The van der Waals surface area contributed by atoms with Crippen molar-refractivity contribution in [3.8, 4) is 5.75 Å². The van der Waals surface area contributed by atoms with Crippen LogP contribution in [0.3, 0.4) is 0 Å². The number of hydrogen-bond donors (Lipinski definition) is 0. The number of nitrogens with zero attached hydrogens (tertiary/aromatic N) is 2. The molecule has 0 amide bonds. The van der Waals surface area contributed by atoms with Crippen molar-refractivity contribution in [1.29, 1.82) is 0 Å². The predicted octanol–water partition coefficient (Wildman–Crippen LogP) is 1.80. The fraction of sp³-hybridized carbons (Fsp3) is 0.625. The minimum absolute atomic E-state index is 0.0892. The largest absolute Gasteiger partial charge is 0.497 e. The van der Waals surface area contributed by atoms with Gasteiger partial charge in [0.15, 0.2) is 0 Å². The first-order valence-corrected chi connectivity index (χ1v) is 9.41. The van der Waals surface area contributed by atoms with Crippen molar-refractivity contribution in [3.05, 3.63) is 23.8 Å². The third-order valence-corrected chi connectivity index (χ3v) is 6.24. The molecule has 2 aliphatic rings. The monoisotopic (exact) mass is 340 g/mol. The van der Waals surface area contributed by atoms with Crippen molar-refractivity contribution in [2.24, 2.45) is 0 Å². The van der Waals surface area contributed by atoms with E-state index in [1.807, 2.05) is 32.0 Å². The van der Waals surface area contributed by atoms with Crippen molar-refractivity contribution in [1.82, 2.24) is 4.31 Å². The van der Waals surface area contributed by atoms with Gasteiger partial charge in [0.1, 0.15) is 5.75 Å². The molecule has 2 atom stereocenters. The zero-order chi connectivity index (χ0) is 16.6. The Balaban J connectivity index is 1.93. The number of morpholine rings is 1. The van der Waals surface area contributed by atoms with Gasteiger partial charge in [-0.3, -0.25) is 4.31 Å². The molecule has 0 bridgehead atoms. The summed E-state index contributed by atoms with van der Waals surface area (Å²) in [6, 6.07) is 5.59. The molecule has 2 aliphatic heterocycles. The molecule has 0 aromatic heterocycles. The van der Waals surface area contributed by atoms with Crippen LogP contribution >= 0.6 is 0 Å². The fourth-order valence-electron chi connectivity index (χ4n) is 3.36. The summed E-state index contributed by atoms with van der Waals surface area (Å²) in [5, 5.41) is 0. The van der Waals surface area contributed by atoms with Gasteiger partial charge in [0, 0.05) is 19.6 Å². The summed E-state index contributed by atoms with van der Waals surface area (Å²) >= 11 is 0. The number of aryl methyl sites for hydroxylation is 1. The number of anilines is 1. The van der Waals surface area contributed by atoms with E-state index in [0.29, 0.717) is 19.6 Å². The molecule has 0 radical (unpaired) electrons. The maximum absolute atomic E-state index is 13.1. The van der Waals surface area contributed by atoms with E-state index < -0.39 is 10.2 Å². The van der Waals surface area contributed by atoms with Gasteiger partial charge in [-0.15, -0.1) is 0 Å². The summed E-state index contributed by atoms with van der Waals surface area (Å²) in [4.78, 5) is 0. The predicted molar refractivity (Wildman–Crippen MR) is 89.2 cm³/mol. The average Bonchev–Trinajstić information content (AvgIpc) is 2.52. The van der Waals surface area contributed by atoms with Crippen LogP contribution in [0.5, 0.6) is 5.75 Å². The molecular weight excluding hydrogens is 316 g/mol. The van der Waals surface area contributed by atoms with Gasteiger partial charge >= 0.3 is 10.2 Å². The topological polar surface area (TPSA) is 59.1 Å². The van der Waals surface area contributed by atoms with Gasteiger partial charge in [-0.05, 0) is 50.5 Å². The third kappa shape index (κ3) is 3.18. The summed E-state index contributed by atoms with van der Waals surface area (Å²) in [5.41, 5.74) is 1.79. The van der Waals surface area contributed by atoms with Gasteiger partial charge in [-0.25, -0.2) is 0 Å². The van der Waals surface area contributed by atoms with Crippen LogP contribution in [0.1, 0.15) is 25.8 Å². The Hall–Kier alpha value is -1.31. The lowest BCUT2D eigenvalue weighted by Gasteiger charge is -2.39. The first-order valence-electron chi connectivity index (χ1n) is 8.02. The lowest BCUT2D eigenvalue weighted by molar-refractivity contribution is -0.0441. The van der Waals surface area contributed by atoms with E-state index in [-0.39, 0.29) is 12.2 Å². The Morgan fingerprint density at radius 2 is 1.91 bits per heavy atom. The molecular formula is C16H24N2O4S. The summed E-state index contributed by atoms with van der Waals surface area (Å²) in [7, 11) is -1.92. The van der Waals surface area contributed by atoms with Crippen LogP contribution in [0.4, 0.5) is 5.69 Å². The van der Waals surface area contributed by atoms with Gasteiger partial charge in [-0.1, -0.05) is 0 Å². The van der Waals surface area contributed by atoms with Gasteiger partial charge in [0.05, 0.1) is 25.0 Å². The van der Waals surface area contributed by atoms with Crippen LogP contribution in [0, 0.1) is 0 Å². The van der Waals surface area contributed by atoms with Crippen LogP contribution < -0.4 is 9.04 Å². The molecule has 3 rings (SSSR count). The van der Waals surface area contributed by atoms with E-state index in [0.717, 1.165) is 29.8 Å². The molecule has 7 heteroatoms. The quantitative estimate of drug-likeness (QED) is 0.842. The van der Waals surface area contributed by atoms with Gasteiger partial charge in [0.25, 0.3) is 0 Å². The van der Waals surface area contributed by atoms with Crippen LogP contribution in [0.25, 0.3) is 0 Å². The Labute approximate surface area is 138 Å². The minimum atomic E-state index is -3.54. The molecule has 1 aromatic carbocycles. The highest BCUT2D eigenvalue weighted by Gasteiger charge is 2.37. The highest BCUT2D eigenvalue weighted by Crippen LogP contribution is 2.33. The smallest absolute Gasteiger partial charge is 0.304 e. The zero-order valence-electron chi connectivity index (χ0n) is 13.9. The van der Waals surface area contributed by atoms with Crippen molar-refractivity contribution >= 4 is 15.9 Å². The second-order valence-corrected chi connectivity index (χ2v) is 8.11. The molecule has 23 heavy (non-hydrogen) atoms. The Bertz CT molecular complexity index is 667. The normalized spacial score (nSPS) is 26.0. The third-order valence-electron chi connectivity index (χ3n) is 4.35. The molecule has 2 heterocycles. The maximum atomic E-state index is 13.1. The molecule has 2 unspecified atom stereocenters. The minimum Gasteiger partial charge on any atom is -0.497 e. The highest BCUT2D eigenvalue weighted by atomic mass is 32.2. The molecule has 1 saturated heterocycles. The van der Waals surface area contributed by atoms with E-state index in [9.17, 15) is 8.42 Å². The summed E-state index contributed by atoms with van der Waals surface area (Å²) in [6.45, 7) is 5.13. The Morgan fingerprint density at radius 1 is 1.22 bits per heavy atom. The second kappa shape index (κ2) is 6.30. The number of rotatable bonds is 3. The number of methoxy groups -OCH3 is 1. The van der Waals surface area contributed by atoms with Crippen LogP contribution in [0.15, 0.2) is 18.2 Å². The summed E-state index contributed by atoms with van der Waals surface area (Å²) in [5.74, 6) is 0.761. The highest BCUT2D eigenvalue weighted by molar-refractivity contribution is 7.90. The first-order chi connectivity index (χ1) is 10.9. The standard InChI is InChI=1S/C16H24N2O4S/c1-12-10-17(11-13(2)22-12)23(19,20)18-8-4-5-14-9-15(21-3)6-7-16(14)18/h6-7,9,12-13H,4-5,8,10-11H2,1-3H3. The van der Waals surface area contributed by atoms with Crippen molar-refractivity contribution in [2.45, 2.75) is 38.9 Å². The Kier molecular flexibility index (Phi) is 4.53. The molecule has 0 spiro atoms. The maximum Gasteiger partial charge on any atom is 0.304 e. The molecule has 128 valence electrons. The van der Waals surface area contributed by atoms with Crippen molar-refractivity contribution in [2.75, 3.05) is 31.0 Å². The second-order valence-electron chi connectivity index (χ2n) is 6.25.